The number of ether oxygens (including phenoxy) is 1. The Bertz CT molecular complexity index is 850. The van der Waals surface area contributed by atoms with Crippen LogP contribution >= 0.6 is 12.2 Å². The summed E-state index contributed by atoms with van der Waals surface area (Å²) in [6.07, 6.45) is 1.14. The first-order valence-electron chi connectivity index (χ1n) is 7.11. The normalized spacial score (nSPS) is 20.6. The molecule has 1 heterocycles. The van der Waals surface area contributed by atoms with Crippen LogP contribution in [-0.4, -0.2) is 16.7 Å². The van der Waals surface area contributed by atoms with Gasteiger partial charge in [-0.15, -0.1) is 0 Å². The molecule has 2 atom stereocenters. The third kappa shape index (κ3) is 2.07. The number of benzene rings is 2. The predicted molar refractivity (Wildman–Crippen MR) is 86.5 cm³/mol. The van der Waals surface area contributed by atoms with Gasteiger partial charge in [-0.2, -0.15) is 0 Å². The van der Waals surface area contributed by atoms with Gasteiger partial charge in [0, 0.05) is 18.0 Å². The number of imidazole rings is 1. The Morgan fingerprint density at radius 1 is 1.19 bits per heavy atom. The fourth-order valence-corrected chi connectivity index (χ4v) is 3.43. The summed E-state index contributed by atoms with van der Waals surface area (Å²) in [7, 11) is 1.69. The van der Waals surface area contributed by atoms with Crippen LogP contribution in [0, 0.1) is 4.77 Å². The lowest BCUT2D eigenvalue weighted by atomic mass is 10.1. The van der Waals surface area contributed by atoms with Crippen molar-refractivity contribution < 1.29 is 4.74 Å². The largest absolute Gasteiger partial charge is 0.497 e. The Hall–Kier alpha value is -2.07. The number of hydrogen-bond acceptors (Lipinski definition) is 2. The maximum absolute atomic E-state index is 5.52. The zero-order chi connectivity index (χ0) is 14.4. The van der Waals surface area contributed by atoms with Crippen molar-refractivity contribution in [1.82, 2.24) is 9.55 Å². The molecule has 21 heavy (non-hydrogen) atoms. The van der Waals surface area contributed by atoms with Crippen molar-refractivity contribution in [2.75, 3.05) is 7.11 Å². The van der Waals surface area contributed by atoms with Crippen molar-refractivity contribution in [2.24, 2.45) is 0 Å². The molecule has 4 rings (SSSR count). The van der Waals surface area contributed by atoms with E-state index < -0.39 is 0 Å². The van der Waals surface area contributed by atoms with Gasteiger partial charge in [-0.05, 0) is 36.3 Å². The predicted octanol–water partition coefficient (Wildman–Crippen LogP) is 4.44. The number of methoxy groups -OCH3 is 1. The maximum atomic E-state index is 5.52. The molecule has 0 aliphatic heterocycles. The molecule has 0 bridgehead atoms. The van der Waals surface area contributed by atoms with Crippen molar-refractivity contribution >= 4 is 23.3 Å². The molecule has 1 N–H and O–H groups in total. The fraction of sp³-hybridized carbons (Fsp3) is 0.235. The van der Waals surface area contributed by atoms with E-state index >= 15 is 0 Å². The topological polar surface area (TPSA) is 29.9 Å². The fourth-order valence-electron chi connectivity index (χ4n) is 3.08. The van der Waals surface area contributed by atoms with E-state index in [1.807, 2.05) is 12.1 Å². The van der Waals surface area contributed by atoms with Crippen LogP contribution in [0.4, 0.5) is 0 Å². The quantitative estimate of drug-likeness (QED) is 0.724. The van der Waals surface area contributed by atoms with Gasteiger partial charge in [0.15, 0.2) is 4.77 Å². The van der Waals surface area contributed by atoms with Gasteiger partial charge >= 0.3 is 0 Å². The average molecular weight is 296 g/mol. The number of nitrogens with one attached hydrogen (secondary N) is 1. The summed E-state index contributed by atoms with van der Waals surface area (Å²) in [5.41, 5.74) is 3.59. The molecule has 106 valence electrons. The highest BCUT2D eigenvalue weighted by atomic mass is 32.1. The monoisotopic (exact) mass is 296 g/mol. The second-order valence-corrected chi connectivity index (χ2v) is 5.89. The molecule has 4 heteroatoms. The van der Waals surface area contributed by atoms with Crippen molar-refractivity contribution in [3.8, 4) is 5.75 Å². The molecule has 0 radical (unpaired) electrons. The minimum Gasteiger partial charge on any atom is -0.497 e. The third-order valence-electron chi connectivity index (χ3n) is 4.24. The minimum absolute atomic E-state index is 0.445. The standard InChI is InChI=1S/C17H16N2OS/c1-20-12-7-8-14-16(9-12)19(17(21)18-14)15-10-13(15)11-5-3-2-4-6-11/h2-9,13,15H,10H2,1H3,(H,18,21). The molecular formula is C17H16N2OS. The first-order chi connectivity index (χ1) is 10.3. The van der Waals surface area contributed by atoms with Gasteiger partial charge in [0.2, 0.25) is 0 Å². The molecule has 0 saturated heterocycles. The van der Waals surface area contributed by atoms with Gasteiger partial charge < -0.3 is 14.3 Å². The lowest BCUT2D eigenvalue weighted by Gasteiger charge is -2.06. The van der Waals surface area contributed by atoms with E-state index in [4.69, 9.17) is 17.0 Å². The average Bonchev–Trinajstić information content (AvgIpc) is 3.23. The molecule has 1 aliphatic carbocycles. The highest BCUT2D eigenvalue weighted by molar-refractivity contribution is 7.71. The SMILES string of the molecule is COc1ccc2[nH]c(=S)n(C3CC3c3ccccc3)c2c1. The third-order valence-corrected chi connectivity index (χ3v) is 4.54. The van der Waals surface area contributed by atoms with E-state index in [2.05, 4.69) is 45.9 Å². The zero-order valence-electron chi connectivity index (χ0n) is 11.7. The molecule has 3 nitrogen and oxygen atoms in total. The number of nitrogens with zero attached hydrogens (tertiary/aromatic N) is 1. The summed E-state index contributed by atoms with van der Waals surface area (Å²) in [4.78, 5) is 3.29. The van der Waals surface area contributed by atoms with Gasteiger partial charge in [0.25, 0.3) is 0 Å². The van der Waals surface area contributed by atoms with Crippen LogP contribution in [-0.2, 0) is 0 Å². The van der Waals surface area contributed by atoms with E-state index in [9.17, 15) is 0 Å². The molecule has 1 fully saturated rings. The summed E-state index contributed by atoms with van der Waals surface area (Å²) >= 11 is 5.52. The van der Waals surface area contributed by atoms with E-state index in [1.165, 1.54) is 5.56 Å². The molecular weight excluding hydrogens is 280 g/mol. The second-order valence-electron chi connectivity index (χ2n) is 5.50. The van der Waals surface area contributed by atoms with Crippen LogP contribution < -0.4 is 4.74 Å². The Labute approximate surface area is 128 Å². The molecule has 3 aromatic rings. The van der Waals surface area contributed by atoms with Crippen molar-refractivity contribution in [3.63, 3.8) is 0 Å². The van der Waals surface area contributed by atoms with E-state index in [0.717, 1.165) is 28.0 Å². The highest BCUT2D eigenvalue weighted by Gasteiger charge is 2.40. The number of fused-ring (bicyclic) bond motifs is 1. The number of H-pyrrole nitrogens is 1. The molecule has 1 saturated carbocycles. The van der Waals surface area contributed by atoms with Crippen molar-refractivity contribution in [1.29, 1.82) is 0 Å². The number of hydrogen-bond donors (Lipinski definition) is 1. The summed E-state index contributed by atoms with van der Waals surface area (Å²) in [5, 5.41) is 0. The van der Waals surface area contributed by atoms with Crippen LogP contribution in [0.2, 0.25) is 0 Å². The Morgan fingerprint density at radius 2 is 2.00 bits per heavy atom. The summed E-state index contributed by atoms with van der Waals surface area (Å²) in [6, 6.07) is 17.1. The van der Waals surface area contributed by atoms with E-state index in [1.54, 1.807) is 7.11 Å². The number of aromatic nitrogens is 2. The molecule has 1 aliphatic rings. The van der Waals surface area contributed by atoms with E-state index in [-0.39, 0.29) is 0 Å². The van der Waals surface area contributed by atoms with Gasteiger partial charge in [-0.25, -0.2) is 0 Å². The summed E-state index contributed by atoms with van der Waals surface area (Å²) in [6.45, 7) is 0. The van der Waals surface area contributed by atoms with Gasteiger partial charge in [-0.1, -0.05) is 30.3 Å². The first kappa shape index (κ1) is 12.7. The Morgan fingerprint density at radius 3 is 2.76 bits per heavy atom. The Kier molecular flexibility index (Phi) is 2.86. The lowest BCUT2D eigenvalue weighted by molar-refractivity contribution is 0.415. The number of rotatable bonds is 3. The smallest absolute Gasteiger partial charge is 0.178 e. The van der Waals surface area contributed by atoms with Crippen LogP contribution in [0.5, 0.6) is 5.75 Å². The number of aromatic amines is 1. The molecule has 2 aromatic carbocycles. The second kappa shape index (κ2) is 4.74. The zero-order valence-corrected chi connectivity index (χ0v) is 12.6. The maximum Gasteiger partial charge on any atom is 0.178 e. The molecule has 0 amide bonds. The van der Waals surface area contributed by atoms with Gasteiger partial charge in [0.1, 0.15) is 5.75 Å². The van der Waals surface area contributed by atoms with Crippen LogP contribution in [0.25, 0.3) is 11.0 Å². The van der Waals surface area contributed by atoms with Crippen LogP contribution in [0.1, 0.15) is 23.9 Å². The van der Waals surface area contributed by atoms with E-state index in [0.29, 0.717) is 12.0 Å². The van der Waals surface area contributed by atoms with Crippen LogP contribution in [0.3, 0.4) is 0 Å². The summed E-state index contributed by atoms with van der Waals surface area (Å²) in [5.74, 6) is 1.42. The summed E-state index contributed by atoms with van der Waals surface area (Å²) < 4.78 is 8.37. The molecule has 2 unspecified atom stereocenters. The lowest BCUT2D eigenvalue weighted by Crippen LogP contribution is -1.96. The van der Waals surface area contributed by atoms with Crippen LogP contribution in [0.15, 0.2) is 48.5 Å². The van der Waals surface area contributed by atoms with Gasteiger partial charge in [-0.3, -0.25) is 0 Å². The van der Waals surface area contributed by atoms with Crippen molar-refractivity contribution in [3.05, 3.63) is 58.9 Å². The minimum atomic E-state index is 0.445. The molecule has 1 aromatic heterocycles. The van der Waals surface area contributed by atoms with Crippen molar-refractivity contribution in [2.45, 2.75) is 18.4 Å². The molecule has 0 spiro atoms. The Balaban J connectivity index is 1.78. The highest BCUT2D eigenvalue weighted by Crippen LogP contribution is 2.52. The van der Waals surface area contributed by atoms with Gasteiger partial charge in [0.05, 0.1) is 18.1 Å². The first-order valence-corrected chi connectivity index (χ1v) is 7.52.